The van der Waals surface area contributed by atoms with Crippen molar-refractivity contribution in [1.82, 2.24) is 0 Å². The van der Waals surface area contributed by atoms with Gasteiger partial charge in [-0.1, -0.05) is 0 Å². The average molecular weight is 540 g/mol. The molecule has 0 unspecified atom stereocenters. The highest BCUT2D eigenvalue weighted by Crippen LogP contribution is 2.33. The van der Waals surface area contributed by atoms with Crippen molar-refractivity contribution in [3.05, 3.63) is 67.5 Å². The monoisotopic (exact) mass is 540 g/mol. The Balaban J connectivity index is 1.74. The Kier molecular flexibility index (Phi) is 6.77. The number of nitrogens with one attached hydrogen (secondary N) is 1. The van der Waals surface area contributed by atoms with Gasteiger partial charge in [-0.3, -0.25) is 9.59 Å². The summed E-state index contributed by atoms with van der Waals surface area (Å²) in [4.78, 5) is 36.4. The van der Waals surface area contributed by atoms with Crippen molar-refractivity contribution < 1.29 is 28.3 Å². The number of anilines is 1. The second kappa shape index (κ2) is 9.30. The number of esters is 1. The molecule has 0 aliphatic carbocycles. The molecule has 3 aromatic rings. The molecule has 0 aliphatic rings. The van der Waals surface area contributed by atoms with Crippen LogP contribution in [0.4, 0.5) is 5.00 Å². The van der Waals surface area contributed by atoms with E-state index in [1.54, 1.807) is 13.0 Å². The quantitative estimate of drug-likeness (QED) is 0.346. The molecule has 30 heavy (non-hydrogen) atoms. The standard InChI is InChI=1S/C20H17IN2O6S/c1-10-15(20(26)27-2)19(30-16(10)17(22)24)23-18(25)14-8-7-13(29-14)9-28-12-5-3-11(21)4-6-12/h3-8H,9H2,1-2H3,(H2,22,24)(H,23,25). The molecule has 2 heterocycles. The molecule has 3 N–H and O–H groups in total. The maximum Gasteiger partial charge on any atom is 0.341 e. The molecule has 0 saturated heterocycles. The molecule has 10 heteroatoms. The number of furan rings is 1. The van der Waals surface area contributed by atoms with Gasteiger partial charge in [0, 0.05) is 3.57 Å². The number of nitrogens with two attached hydrogens (primary N) is 1. The fourth-order valence-electron chi connectivity index (χ4n) is 2.61. The SMILES string of the molecule is COC(=O)c1c(NC(=O)c2ccc(COc3ccc(I)cc3)o2)sc(C(N)=O)c1C. The Hall–Kier alpha value is -2.86. The predicted molar refractivity (Wildman–Crippen MR) is 119 cm³/mol. The van der Waals surface area contributed by atoms with E-state index in [2.05, 4.69) is 27.9 Å². The number of benzene rings is 1. The molecular weight excluding hydrogens is 523 g/mol. The van der Waals surface area contributed by atoms with Gasteiger partial charge in [0.1, 0.15) is 23.1 Å². The summed E-state index contributed by atoms with van der Waals surface area (Å²) in [5.74, 6) is -0.814. The minimum atomic E-state index is -0.698. The summed E-state index contributed by atoms with van der Waals surface area (Å²) in [6, 6.07) is 10.6. The lowest BCUT2D eigenvalue weighted by atomic mass is 10.1. The Morgan fingerprint density at radius 1 is 1.17 bits per heavy atom. The van der Waals surface area contributed by atoms with Crippen LogP contribution in [0.1, 0.15) is 41.9 Å². The van der Waals surface area contributed by atoms with Crippen LogP contribution in [0.15, 0.2) is 40.8 Å². The zero-order valence-corrected chi connectivity index (χ0v) is 19.0. The molecule has 0 aliphatic heterocycles. The lowest BCUT2D eigenvalue weighted by Crippen LogP contribution is -2.14. The van der Waals surface area contributed by atoms with Crippen LogP contribution >= 0.6 is 33.9 Å². The van der Waals surface area contributed by atoms with Crippen LogP contribution in [0.2, 0.25) is 0 Å². The van der Waals surface area contributed by atoms with Gasteiger partial charge >= 0.3 is 5.97 Å². The summed E-state index contributed by atoms with van der Waals surface area (Å²) in [7, 11) is 1.21. The van der Waals surface area contributed by atoms with Crippen LogP contribution in [0.25, 0.3) is 0 Å². The molecule has 8 nitrogen and oxygen atoms in total. The number of hydrogen-bond acceptors (Lipinski definition) is 7. The zero-order chi connectivity index (χ0) is 21.8. The second-order valence-corrected chi connectivity index (χ2v) is 8.35. The van der Waals surface area contributed by atoms with E-state index >= 15 is 0 Å². The van der Waals surface area contributed by atoms with Gasteiger partial charge < -0.3 is 24.9 Å². The first-order valence-corrected chi connectivity index (χ1v) is 10.5. The van der Waals surface area contributed by atoms with Gasteiger partial charge in [-0.05, 0) is 71.5 Å². The van der Waals surface area contributed by atoms with Crippen molar-refractivity contribution in [1.29, 1.82) is 0 Å². The first kappa shape index (κ1) is 21.8. The number of ether oxygens (including phenoxy) is 2. The van der Waals surface area contributed by atoms with E-state index in [1.165, 1.54) is 13.2 Å². The van der Waals surface area contributed by atoms with Crippen LogP contribution in [0.3, 0.4) is 0 Å². The Morgan fingerprint density at radius 3 is 2.50 bits per heavy atom. The number of amides is 2. The summed E-state index contributed by atoms with van der Waals surface area (Å²) in [5, 5.41) is 2.75. The molecule has 156 valence electrons. The van der Waals surface area contributed by atoms with Gasteiger partial charge in [-0.2, -0.15) is 0 Å². The van der Waals surface area contributed by atoms with Crippen molar-refractivity contribution >= 4 is 56.7 Å². The molecule has 1 aromatic carbocycles. The lowest BCUT2D eigenvalue weighted by molar-refractivity contribution is 0.0601. The minimum absolute atomic E-state index is 0.0266. The lowest BCUT2D eigenvalue weighted by Gasteiger charge is -2.05. The third-order valence-electron chi connectivity index (χ3n) is 4.07. The molecule has 2 aromatic heterocycles. The van der Waals surface area contributed by atoms with Crippen LogP contribution in [-0.4, -0.2) is 24.9 Å². The van der Waals surface area contributed by atoms with Crippen LogP contribution < -0.4 is 15.8 Å². The fourth-order valence-corrected chi connectivity index (χ4v) is 4.01. The number of thiophene rings is 1. The van der Waals surface area contributed by atoms with Crippen LogP contribution in [0.5, 0.6) is 5.75 Å². The third kappa shape index (κ3) is 4.82. The van der Waals surface area contributed by atoms with Gasteiger partial charge in [-0.15, -0.1) is 11.3 Å². The van der Waals surface area contributed by atoms with E-state index in [4.69, 9.17) is 19.6 Å². The Morgan fingerprint density at radius 2 is 1.87 bits per heavy atom. The number of carbonyl (C=O) groups excluding carboxylic acids is 3. The van der Waals surface area contributed by atoms with Crippen LogP contribution in [-0.2, 0) is 11.3 Å². The maximum atomic E-state index is 12.6. The first-order chi connectivity index (χ1) is 14.3. The largest absolute Gasteiger partial charge is 0.486 e. The number of halogens is 1. The highest BCUT2D eigenvalue weighted by Gasteiger charge is 2.26. The van der Waals surface area contributed by atoms with Gasteiger partial charge in [-0.25, -0.2) is 4.79 Å². The predicted octanol–water partition coefficient (Wildman–Crippen LogP) is 3.97. The maximum absolute atomic E-state index is 12.6. The molecule has 0 spiro atoms. The molecule has 0 radical (unpaired) electrons. The minimum Gasteiger partial charge on any atom is -0.486 e. The topological polar surface area (TPSA) is 121 Å². The van der Waals surface area contributed by atoms with Crippen molar-refractivity contribution in [3.8, 4) is 5.75 Å². The van der Waals surface area contributed by atoms with E-state index in [1.807, 2.05) is 24.3 Å². The molecule has 3 rings (SSSR count). The van der Waals surface area contributed by atoms with Crippen LogP contribution in [0, 0.1) is 10.5 Å². The highest BCUT2D eigenvalue weighted by atomic mass is 127. The summed E-state index contributed by atoms with van der Waals surface area (Å²) >= 11 is 3.10. The molecule has 0 bridgehead atoms. The second-order valence-electron chi connectivity index (χ2n) is 6.08. The number of hydrogen-bond donors (Lipinski definition) is 2. The summed E-state index contributed by atoms with van der Waals surface area (Å²) in [5.41, 5.74) is 5.78. The van der Waals surface area contributed by atoms with Crippen molar-refractivity contribution in [3.63, 3.8) is 0 Å². The summed E-state index contributed by atoms with van der Waals surface area (Å²) in [6.07, 6.45) is 0. The summed E-state index contributed by atoms with van der Waals surface area (Å²) in [6.45, 7) is 1.71. The van der Waals surface area contributed by atoms with Gasteiger partial charge in [0.25, 0.3) is 11.8 Å². The number of rotatable bonds is 7. The van der Waals surface area contributed by atoms with Crippen molar-refractivity contribution in [2.24, 2.45) is 5.73 Å². The van der Waals surface area contributed by atoms with E-state index in [0.29, 0.717) is 17.1 Å². The van der Waals surface area contributed by atoms with Gasteiger partial charge in [0.2, 0.25) is 0 Å². The molecule has 0 atom stereocenters. The van der Waals surface area contributed by atoms with E-state index in [-0.39, 0.29) is 27.8 Å². The Bertz CT molecular complexity index is 1100. The molecular formula is C20H17IN2O6S. The first-order valence-electron chi connectivity index (χ1n) is 8.60. The number of methoxy groups -OCH3 is 1. The fraction of sp³-hybridized carbons (Fsp3) is 0.150. The van der Waals surface area contributed by atoms with E-state index in [9.17, 15) is 14.4 Å². The molecule has 2 amide bonds. The van der Waals surface area contributed by atoms with Crippen molar-refractivity contribution in [2.45, 2.75) is 13.5 Å². The number of primary amides is 1. The summed E-state index contributed by atoms with van der Waals surface area (Å²) < 4.78 is 17.0. The zero-order valence-electron chi connectivity index (χ0n) is 16.0. The van der Waals surface area contributed by atoms with E-state index in [0.717, 1.165) is 14.9 Å². The normalized spacial score (nSPS) is 10.5. The average Bonchev–Trinajstić information content (AvgIpc) is 3.32. The van der Waals surface area contributed by atoms with Gasteiger partial charge in [0.05, 0.1) is 17.6 Å². The molecule has 0 fully saturated rings. The third-order valence-corrected chi connectivity index (χ3v) is 6.01. The highest BCUT2D eigenvalue weighted by molar-refractivity contribution is 14.1. The molecule has 0 saturated carbocycles. The smallest absolute Gasteiger partial charge is 0.341 e. The van der Waals surface area contributed by atoms with Crippen molar-refractivity contribution in [2.75, 3.05) is 12.4 Å². The van der Waals surface area contributed by atoms with Gasteiger partial charge in [0.15, 0.2) is 5.76 Å². The Labute approximate surface area is 189 Å². The number of carbonyl (C=O) groups is 3. The van der Waals surface area contributed by atoms with E-state index < -0.39 is 17.8 Å².